The van der Waals surface area contributed by atoms with Gasteiger partial charge in [0.15, 0.2) is 0 Å². The van der Waals surface area contributed by atoms with E-state index in [-0.39, 0.29) is 30.9 Å². The minimum Gasteiger partial charge on any atom is -0.481 e. The van der Waals surface area contributed by atoms with Crippen molar-refractivity contribution in [1.82, 2.24) is 30.9 Å². The molecular formula is C30H46N6O10S. The van der Waals surface area contributed by atoms with Crippen LogP contribution in [0.3, 0.4) is 0 Å². The standard InChI is InChI=1S/C30H46N6O10S/c1-21-10-12-23(13-11-21)47(43,44)45-19-18-36-20-22(34-35-36)8-7-17-31-16-6-5-9-25(28(41)46-30(2,3)4)33-29(42)32-24(27(39)40)14-15-26(37)38/h10-13,20,24-25,31H,5-9,14-19H2,1-4H3,(H,37,38)(H,39,40)(H2,32,33,42)/t24-,25?/m0/s1. The molecule has 0 radical (unpaired) electrons. The molecule has 1 unspecified atom stereocenters. The van der Waals surface area contributed by atoms with Crippen molar-refractivity contribution in [2.75, 3.05) is 19.7 Å². The number of urea groups is 1. The lowest BCUT2D eigenvalue weighted by Gasteiger charge is -2.25. The van der Waals surface area contributed by atoms with Gasteiger partial charge in [-0.15, -0.1) is 5.10 Å². The number of amides is 2. The number of carbonyl (C=O) groups excluding carboxylic acids is 2. The largest absolute Gasteiger partial charge is 0.481 e. The highest BCUT2D eigenvalue weighted by atomic mass is 32.2. The topological polar surface area (TPSA) is 228 Å². The fraction of sp³-hybridized carbons (Fsp3) is 0.600. The van der Waals surface area contributed by atoms with Crippen LogP contribution in [0.4, 0.5) is 4.79 Å². The molecule has 17 heteroatoms. The second kappa shape index (κ2) is 18.9. The number of nitrogens with zero attached hydrogens (tertiary/aromatic N) is 3. The van der Waals surface area contributed by atoms with E-state index in [1.807, 2.05) is 6.92 Å². The van der Waals surface area contributed by atoms with Crippen LogP contribution in [0.5, 0.6) is 0 Å². The van der Waals surface area contributed by atoms with Gasteiger partial charge in [0, 0.05) is 12.6 Å². The van der Waals surface area contributed by atoms with Gasteiger partial charge >= 0.3 is 23.9 Å². The molecule has 2 amide bonds. The van der Waals surface area contributed by atoms with Gasteiger partial charge in [-0.2, -0.15) is 8.42 Å². The van der Waals surface area contributed by atoms with Gasteiger partial charge in [0.1, 0.15) is 17.7 Å². The number of carbonyl (C=O) groups is 4. The van der Waals surface area contributed by atoms with E-state index in [9.17, 15) is 32.7 Å². The Morgan fingerprint density at radius 3 is 2.26 bits per heavy atom. The number of nitrogens with one attached hydrogen (secondary N) is 3. The van der Waals surface area contributed by atoms with E-state index in [0.717, 1.165) is 17.7 Å². The lowest BCUT2D eigenvalue weighted by atomic mass is 10.1. The fourth-order valence-corrected chi connectivity index (χ4v) is 5.10. The maximum absolute atomic E-state index is 12.7. The minimum atomic E-state index is -3.85. The molecule has 2 rings (SSSR count). The minimum absolute atomic E-state index is 0.0782. The second-order valence-corrected chi connectivity index (χ2v) is 13.6. The van der Waals surface area contributed by atoms with E-state index < -0.39 is 58.2 Å². The first-order valence-electron chi connectivity index (χ1n) is 15.4. The van der Waals surface area contributed by atoms with Crippen molar-refractivity contribution < 1.29 is 46.7 Å². The first-order chi connectivity index (χ1) is 22.1. The zero-order chi connectivity index (χ0) is 35.0. The Morgan fingerprint density at radius 2 is 1.62 bits per heavy atom. The highest BCUT2D eigenvalue weighted by Crippen LogP contribution is 2.14. The van der Waals surface area contributed by atoms with Crippen LogP contribution in [0.2, 0.25) is 0 Å². The molecule has 1 heterocycles. The lowest BCUT2D eigenvalue weighted by Crippen LogP contribution is -2.52. The molecule has 1 aromatic heterocycles. The average Bonchev–Trinajstić information content (AvgIpc) is 3.42. The molecule has 0 aliphatic rings. The van der Waals surface area contributed by atoms with Crippen LogP contribution in [-0.4, -0.2) is 94.9 Å². The van der Waals surface area contributed by atoms with Crippen molar-refractivity contribution in [3.8, 4) is 0 Å². The summed E-state index contributed by atoms with van der Waals surface area (Å²) in [7, 11) is -3.85. The van der Waals surface area contributed by atoms with Crippen LogP contribution >= 0.6 is 0 Å². The number of unbranched alkanes of at least 4 members (excludes halogenated alkanes) is 1. The zero-order valence-corrected chi connectivity index (χ0v) is 28.0. The quantitative estimate of drug-likeness (QED) is 0.0722. The van der Waals surface area contributed by atoms with Crippen LogP contribution < -0.4 is 16.0 Å². The van der Waals surface area contributed by atoms with Gasteiger partial charge in [0.2, 0.25) is 0 Å². The molecule has 0 saturated carbocycles. The molecule has 262 valence electrons. The molecule has 2 aromatic rings. The number of aliphatic carboxylic acids is 2. The summed E-state index contributed by atoms with van der Waals surface area (Å²) in [6.07, 6.45) is 3.89. The molecular weight excluding hydrogens is 636 g/mol. The summed E-state index contributed by atoms with van der Waals surface area (Å²) >= 11 is 0. The van der Waals surface area contributed by atoms with Gasteiger partial charge in [-0.05, 0) is 91.4 Å². The first kappa shape index (κ1) is 39.1. The van der Waals surface area contributed by atoms with Gasteiger partial charge in [0.25, 0.3) is 10.1 Å². The van der Waals surface area contributed by atoms with Crippen LogP contribution in [-0.2, 0) is 46.4 Å². The molecule has 5 N–H and O–H groups in total. The van der Waals surface area contributed by atoms with E-state index in [0.29, 0.717) is 32.4 Å². The lowest BCUT2D eigenvalue weighted by molar-refractivity contribution is -0.157. The van der Waals surface area contributed by atoms with E-state index in [2.05, 4.69) is 26.3 Å². The van der Waals surface area contributed by atoms with Crippen molar-refractivity contribution in [1.29, 1.82) is 0 Å². The summed E-state index contributed by atoms with van der Waals surface area (Å²) in [5.74, 6) is -3.24. The van der Waals surface area contributed by atoms with E-state index in [1.165, 1.54) is 16.8 Å². The number of carboxylic acids is 2. The van der Waals surface area contributed by atoms with Gasteiger partial charge < -0.3 is 30.9 Å². The molecule has 0 aliphatic heterocycles. The van der Waals surface area contributed by atoms with Crippen LogP contribution in [0.25, 0.3) is 0 Å². The fourth-order valence-electron chi connectivity index (χ4n) is 4.20. The Morgan fingerprint density at radius 1 is 0.957 bits per heavy atom. The summed E-state index contributed by atoms with van der Waals surface area (Å²) in [5, 5.41) is 34.2. The zero-order valence-electron chi connectivity index (χ0n) is 27.2. The molecule has 47 heavy (non-hydrogen) atoms. The third kappa shape index (κ3) is 15.8. The van der Waals surface area contributed by atoms with Crippen molar-refractivity contribution in [3.63, 3.8) is 0 Å². The predicted molar refractivity (Wildman–Crippen MR) is 169 cm³/mol. The Bertz CT molecular complexity index is 1420. The van der Waals surface area contributed by atoms with E-state index in [1.54, 1.807) is 39.1 Å². The van der Waals surface area contributed by atoms with E-state index >= 15 is 0 Å². The average molecular weight is 683 g/mol. The highest BCUT2D eigenvalue weighted by molar-refractivity contribution is 7.86. The van der Waals surface area contributed by atoms with Crippen molar-refractivity contribution in [2.45, 2.75) is 102 Å². The second-order valence-electron chi connectivity index (χ2n) is 11.9. The van der Waals surface area contributed by atoms with E-state index in [4.69, 9.17) is 14.0 Å². The monoisotopic (exact) mass is 682 g/mol. The van der Waals surface area contributed by atoms with Crippen molar-refractivity contribution in [2.24, 2.45) is 0 Å². The Labute approximate surface area is 274 Å². The number of benzene rings is 1. The molecule has 0 saturated heterocycles. The number of rotatable bonds is 21. The smallest absolute Gasteiger partial charge is 0.329 e. The number of ether oxygens (including phenoxy) is 1. The normalized spacial score (nSPS) is 13.0. The number of esters is 1. The summed E-state index contributed by atoms with van der Waals surface area (Å²) in [6, 6.07) is 3.04. The maximum atomic E-state index is 12.7. The van der Waals surface area contributed by atoms with Crippen LogP contribution in [0.15, 0.2) is 35.4 Å². The number of carboxylic acid groups (broad SMARTS) is 2. The number of hydrogen-bond acceptors (Lipinski definition) is 11. The third-order valence-electron chi connectivity index (χ3n) is 6.58. The number of aromatic nitrogens is 3. The van der Waals surface area contributed by atoms with Crippen molar-refractivity contribution in [3.05, 3.63) is 41.7 Å². The Kier molecular flexibility index (Phi) is 15.7. The summed E-state index contributed by atoms with van der Waals surface area (Å²) in [5.41, 5.74) is 0.899. The number of hydrogen-bond donors (Lipinski definition) is 5. The molecule has 2 atom stereocenters. The molecule has 16 nitrogen and oxygen atoms in total. The Balaban J connectivity index is 1.70. The highest BCUT2D eigenvalue weighted by Gasteiger charge is 2.28. The number of aryl methyl sites for hydroxylation is 2. The summed E-state index contributed by atoms with van der Waals surface area (Å²) < 4.78 is 36.7. The van der Waals surface area contributed by atoms with Crippen LogP contribution in [0.1, 0.15) is 70.6 Å². The first-order valence-corrected chi connectivity index (χ1v) is 16.8. The molecule has 0 aliphatic carbocycles. The SMILES string of the molecule is Cc1ccc(S(=O)(=O)OCCn2cc(CCCNCCCCC(NC(=O)N[C@@H](CCC(=O)O)C(=O)O)C(=O)OC(C)(C)C)nn2)cc1. The Hall–Kier alpha value is -4.09. The summed E-state index contributed by atoms with van der Waals surface area (Å²) in [6.45, 7) is 8.41. The third-order valence-corrected chi connectivity index (χ3v) is 7.91. The van der Waals surface area contributed by atoms with Gasteiger partial charge in [-0.1, -0.05) is 22.9 Å². The molecule has 0 spiro atoms. The van der Waals surface area contributed by atoms with Gasteiger partial charge in [0.05, 0.1) is 23.7 Å². The summed E-state index contributed by atoms with van der Waals surface area (Å²) in [4.78, 5) is 47.5. The molecule has 0 fully saturated rings. The molecule has 0 bridgehead atoms. The molecule has 1 aromatic carbocycles. The van der Waals surface area contributed by atoms with Crippen LogP contribution in [0, 0.1) is 6.92 Å². The predicted octanol–water partition coefficient (Wildman–Crippen LogP) is 2.01. The van der Waals surface area contributed by atoms with Crippen molar-refractivity contribution >= 4 is 34.1 Å². The van der Waals surface area contributed by atoms with Gasteiger partial charge in [-0.25, -0.2) is 19.1 Å². The maximum Gasteiger partial charge on any atom is 0.329 e. The van der Waals surface area contributed by atoms with Gasteiger partial charge in [-0.3, -0.25) is 8.98 Å².